The molecule has 0 saturated carbocycles. The van der Waals surface area contributed by atoms with E-state index in [9.17, 15) is 8.42 Å². The molecule has 1 aromatic carbocycles. The molecule has 1 heterocycles. The molecule has 0 aromatic heterocycles. The maximum atomic E-state index is 12.7. The zero-order chi connectivity index (χ0) is 14.0. The standard InChI is InChI=1S/C13H19ClN2O2S/c1-2-11-5-3-4-8-16(11)19(17,18)13-9-10(15)6-7-12(13)14/h6-7,9,11H,2-5,8,15H2,1H3. The number of hydrogen-bond acceptors (Lipinski definition) is 3. The minimum Gasteiger partial charge on any atom is -0.399 e. The summed E-state index contributed by atoms with van der Waals surface area (Å²) in [5.74, 6) is 0. The lowest BCUT2D eigenvalue weighted by Crippen LogP contribution is -2.43. The highest BCUT2D eigenvalue weighted by Gasteiger charge is 2.33. The van der Waals surface area contributed by atoms with Gasteiger partial charge in [-0.3, -0.25) is 0 Å². The van der Waals surface area contributed by atoms with Gasteiger partial charge in [0.05, 0.1) is 5.02 Å². The van der Waals surface area contributed by atoms with Gasteiger partial charge >= 0.3 is 0 Å². The second-order valence-electron chi connectivity index (χ2n) is 4.86. The molecule has 0 radical (unpaired) electrons. The van der Waals surface area contributed by atoms with Crippen molar-refractivity contribution in [1.29, 1.82) is 0 Å². The fourth-order valence-corrected chi connectivity index (χ4v) is 4.82. The molecule has 2 N–H and O–H groups in total. The van der Waals surface area contributed by atoms with Crippen LogP contribution in [0.1, 0.15) is 32.6 Å². The van der Waals surface area contributed by atoms with Gasteiger partial charge in [-0.25, -0.2) is 8.42 Å². The monoisotopic (exact) mass is 302 g/mol. The van der Waals surface area contributed by atoms with Gasteiger partial charge in [-0.15, -0.1) is 0 Å². The second kappa shape index (κ2) is 5.69. The highest BCUT2D eigenvalue weighted by atomic mass is 35.5. The number of benzene rings is 1. The van der Waals surface area contributed by atoms with Crippen molar-refractivity contribution in [2.75, 3.05) is 12.3 Å². The zero-order valence-corrected chi connectivity index (χ0v) is 12.5. The Morgan fingerprint density at radius 2 is 2.16 bits per heavy atom. The Morgan fingerprint density at radius 3 is 2.84 bits per heavy atom. The third-order valence-corrected chi connectivity index (χ3v) is 6.02. The highest BCUT2D eigenvalue weighted by molar-refractivity contribution is 7.89. The molecule has 1 aliphatic rings. The summed E-state index contributed by atoms with van der Waals surface area (Å²) in [5.41, 5.74) is 6.09. The van der Waals surface area contributed by atoms with Crippen LogP contribution < -0.4 is 5.73 Å². The zero-order valence-electron chi connectivity index (χ0n) is 11.0. The van der Waals surface area contributed by atoms with Crippen LogP contribution in [0.3, 0.4) is 0 Å². The van der Waals surface area contributed by atoms with E-state index >= 15 is 0 Å². The lowest BCUT2D eigenvalue weighted by molar-refractivity contribution is 0.246. The molecule has 0 bridgehead atoms. The Kier molecular flexibility index (Phi) is 4.38. The largest absolute Gasteiger partial charge is 0.399 e. The summed E-state index contributed by atoms with van der Waals surface area (Å²) >= 11 is 6.03. The van der Waals surface area contributed by atoms with E-state index in [4.69, 9.17) is 17.3 Å². The summed E-state index contributed by atoms with van der Waals surface area (Å²) < 4.78 is 27.0. The Balaban J connectivity index is 2.43. The summed E-state index contributed by atoms with van der Waals surface area (Å²) in [5, 5.41) is 0.231. The van der Waals surface area contributed by atoms with Crippen LogP contribution in [0.5, 0.6) is 0 Å². The minimum atomic E-state index is -3.56. The number of anilines is 1. The number of hydrogen-bond donors (Lipinski definition) is 1. The number of nitrogen functional groups attached to an aromatic ring is 1. The van der Waals surface area contributed by atoms with Crippen molar-refractivity contribution in [3.05, 3.63) is 23.2 Å². The molecule has 1 saturated heterocycles. The average Bonchev–Trinajstić information content (AvgIpc) is 2.41. The molecular formula is C13H19ClN2O2S. The Morgan fingerprint density at radius 1 is 1.42 bits per heavy atom. The van der Waals surface area contributed by atoms with Crippen LogP contribution in [0.4, 0.5) is 5.69 Å². The maximum absolute atomic E-state index is 12.7. The molecule has 0 spiro atoms. The minimum absolute atomic E-state index is 0.0660. The first kappa shape index (κ1) is 14.6. The smallest absolute Gasteiger partial charge is 0.244 e. The number of rotatable bonds is 3. The molecular weight excluding hydrogens is 284 g/mol. The van der Waals surface area contributed by atoms with Crippen LogP contribution in [0, 0.1) is 0 Å². The van der Waals surface area contributed by atoms with E-state index in [2.05, 4.69) is 0 Å². The van der Waals surface area contributed by atoms with Crippen molar-refractivity contribution in [1.82, 2.24) is 4.31 Å². The quantitative estimate of drug-likeness (QED) is 0.873. The molecule has 2 rings (SSSR count). The molecule has 6 heteroatoms. The number of sulfonamides is 1. The summed E-state index contributed by atoms with van der Waals surface area (Å²) in [6.45, 7) is 2.57. The first-order chi connectivity index (χ1) is 8.96. The van der Waals surface area contributed by atoms with Crippen LogP contribution >= 0.6 is 11.6 Å². The molecule has 1 unspecified atom stereocenters. The van der Waals surface area contributed by atoms with Gasteiger partial charge in [0.1, 0.15) is 4.90 Å². The molecule has 0 aliphatic carbocycles. The van der Waals surface area contributed by atoms with Gasteiger partial charge in [0, 0.05) is 18.3 Å². The lowest BCUT2D eigenvalue weighted by atomic mass is 10.0. The molecule has 4 nitrogen and oxygen atoms in total. The van der Waals surface area contributed by atoms with Crippen LogP contribution in [0.2, 0.25) is 5.02 Å². The van der Waals surface area contributed by atoms with Crippen LogP contribution in [-0.2, 0) is 10.0 Å². The summed E-state index contributed by atoms with van der Waals surface area (Å²) in [6, 6.07) is 4.65. The van der Waals surface area contributed by atoms with Crippen LogP contribution in [-0.4, -0.2) is 25.3 Å². The van der Waals surface area contributed by atoms with Crippen LogP contribution in [0.25, 0.3) is 0 Å². The van der Waals surface area contributed by atoms with E-state index in [1.54, 1.807) is 10.4 Å². The summed E-state index contributed by atoms with van der Waals surface area (Å²) in [4.78, 5) is 0.120. The molecule has 1 atom stereocenters. The Bertz CT molecular complexity index is 560. The number of nitrogens with zero attached hydrogens (tertiary/aromatic N) is 1. The van der Waals surface area contributed by atoms with Crippen molar-refractivity contribution in [3.63, 3.8) is 0 Å². The Hall–Kier alpha value is -0.780. The van der Waals surface area contributed by atoms with Crippen molar-refractivity contribution < 1.29 is 8.42 Å². The van der Waals surface area contributed by atoms with E-state index in [1.165, 1.54) is 12.1 Å². The van der Waals surface area contributed by atoms with E-state index in [0.29, 0.717) is 12.2 Å². The van der Waals surface area contributed by atoms with E-state index < -0.39 is 10.0 Å². The normalized spacial score (nSPS) is 21.5. The van der Waals surface area contributed by atoms with Crippen molar-refractivity contribution in [3.8, 4) is 0 Å². The molecule has 1 aromatic rings. The first-order valence-corrected chi connectivity index (χ1v) is 8.35. The van der Waals surface area contributed by atoms with E-state index in [-0.39, 0.29) is 16.0 Å². The fourth-order valence-electron chi connectivity index (χ4n) is 2.54. The van der Waals surface area contributed by atoms with Gasteiger partial charge in [-0.05, 0) is 37.5 Å². The predicted molar refractivity (Wildman–Crippen MR) is 77.7 cm³/mol. The van der Waals surface area contributed by atoms with Crippen molar-refractivity contribution >= 4 is 27.3 Å². The van der Waals surface area contributed by atoms with Gasteiger partial charge in [-0.2, -0.15) is 4.31 Å². The lowest BCUT2D eigenvalue weighted by Gasteiger charge is -2.34. The summed E-state index contributed by atoms with van der Waals surface area (Å²) in [7, 11) is -3.56. The predicted octanol–water partition coefficient (Wildman–Crippen LogP) is 2.88. The van der Waals surface area contributed by atoms with Gasteiger partial charge in [0.25, 0.3) is 0 Å². The van der Waals surface area contributed by atoms with Gasteiger partial charge in [0.15, 0.2) is 0 Å². The van der Waals surface area contributed by atoms with Gasteiger partial charge in [0.2, 0.25) is 10.0 Å². The maximum Gasteiger partial charge on any atom is 0.244 e. The van der Waals surface area contributed by atoms with E-state index in [1.807, 2.05) is 6.92 Å². The molecule has 1 aliphatic heterocycles. The molecule has 0 amide bonds. The first-order valence-electron chi connectivity index (χ1n) is 6.53. The van der Waals surface area contributed by atoms with Gasteiger partial charge < -0.3 is 5.73 Å². The van der Waals surface area contributed by atoms with Crippen LogP contribution in [0.15, 0.2) is 23.1 Å². The second-order valence-corrected chi connectivity index (χ2v) is 7.13. The number of piperidine rings is 1. The summed E-state index contributed by atoms with van der Waals surface area (Å²) in [6.07, 6.45) is 3.71. The topological polar surface area (TPSA) is 63.4 Å². The van der Waals surface area contributed by atoms with Crippen molar-refractivity contribution in [2.24, 2.45) is 0 Å². The highest BCUT2D eigenvalue weighted by Crippen LogP contribution is 2.31. The van der Waals surface area contributed by atoms with Crippen molar-refractivity contribution in [2.45, 2.75) is 43.5 Å². The molecule has 1 fully saturated rings. The number of nitrogens with two attached hydrogens (primary N) is 1. The third-order valence-electron chi connectivity index (χ3n) is 3.59. The number of halogens is 1. The Labute approximate surface area is 119 Å². The SMILES string of the molecule is CCC1CCCCN1S(=O)(=O)c1cc(N)ccc1Cl. The average molecular weight is 303 g/mol. The fraction of sp³-hybridized carbons (Fsp3) is 0.538. The van der Waals surface area contributed by atoms with Gasteiger partial charge in [-0.1, -0.05) is 24.9 Å². The molecule has 19 heavy (non-hydrogen) atoms. The third kappa shape index (κ3) is 2.88. The molecule has 106 valence electrons. The van der Waals surface area contributed by atoms with E-state index in [0.717, 1.165) is 25.7 Å².